The number of para-hydroxylation sites is 2. The highest BCUT2D eigenvalue weighted by atomic mass is 16.5. The molecule has 0 radical (unpaired) electrons. The van der Waals surface area contributed by atoms with Crippen LogP contribution in [-0.4, -0.2) is 48.9 Å². The van der Waals surface area contributed by atoms with E-state index in [1.165, 1.54) is 5.56 Å². The van der Waals surface area contributed by atoms with Crippen molar-refractivity contribution >= 4 is 5.96 Å². The number of ether oxygens (including phenoxy) is 2. The largest absolute Gasteiger partial charge is 0.493 e. The van der Waals surface area contributed by atoms with Crippen molar-refractivity contribution in [2.45, 2.75) is 26.0 Å². The van der Waals surface area contributed by atoms with Gasteiger partial charge in [-0.1, -0.05) is 42.5 Å². The van der Waals surface area contributed by atoms with Crippen molar-refractivity contribution < 1.29 is 9.47 Å². The highest BCUT2D eigenvalue weighted by Gasteiger charge is 2.10. The van der Waals surface area contributed by atoms with Crippen molar-refractivity contribution in [1.82, 2.24) is 20.2 Å². The van der Waals surface area contributed by atoms with Crippen molar-refractivity contribution in [3.63, 3.8) is 0 Å². The highest BCUT2D eigenvalue weighted by Crippen LogP contribution is 2.26. The van der Waals surface area contributed by atoms with Gasteiger partial charge in [-0.05, 0) is 24.6 Å². The zero-order chi connectivity index (χ0) is 21.9. The fourth-order valence-electron chi connectivity index (χ4n) is 3.22. The Morgan fingerprint density at radius 2 is 1.81 bits per heavy atom. The number of hydrogen-bond donors (Lipinski definition) is 2. The summed E-state index contributed by atoms with van der Waals surface area (Å²) in [6, 6.07) is 18.0. The van der Waals surface area contributed by atoms with Crippen molar-refractivity contribution in [2.75, 3.05) is 27.2 Å². The zero-order valence-corrected chi connectivity index (χ0v) is 18.4. The number of nitrogens with one attached hydrogen (secondary N) is 2. The van der Waals surface area contributed by atoms with Gasteiger partial charge in [-0.3, -0.25) is 4.99 Å². The number of methoxy groups -OCH3 is 1. The van der Waals surface area contributed by atoms with Gasteiger partial charge >= 0.3 is 0 Å². The van der Waals surface area contributed by atoms with Gasteiger partial charge in [-0.25, -0.2) is 4.98 Å². The van der Waals surface area contributed by atoms with Gasteiger partial charge in [0.15, 0.2) is 17.5 Å². The van der Waals surface area contributed by atoms with E-state index in [-0.39, 0.29) is 6.10 Å². The summed E-state index contributed by atoms with van der Waals surface area (Å²) in [5.41, 5.74) is 1.26. The number of guanidine groups is 1. The van der Waals surface area contributed by atoms with Crippen LogP contribution in [0.25, 0.3) is 0 Å². The molecule has 0 aliphatic heterocycles. The Bertz CT molecular complexity index is 955. The summed E-state index contributed by atoms with van der Waals surface area (Å²) in [5, 5.41) is 6.65. The minimum Gasteiger partial charge on any atom is -0.493 e. The molecule has 1 aromatic heterocycles. The zero-order valence-electron chi connectivity index (χ0n) is 18.4. The van der Waals surface area contributed by atoms with Crippen LogP contribution in [0.3, 0.4) is 0 Å². The summed E-state index contributed by atoms with van der Waals surface area (Å²) in [4.78, 5) is 8.80. The Morgan fingerprint density at radius 1 is 1.06 bits per heavy atom. The van der Waals surface area contributed by atoms with Crippen LogP contribution in [0.15, 0.2) is 72.0 Å². The number of imidazole rings is 1. The third kappa shape index (κ3) is 6.77. The fourth-order valence-corrected chi connectivity index (χ4v) is 3.22. The van der Waals surface area contributed by atoms with E-state index < -0.39 is 0 Å². The van der Waals surface area contributed by atoms with Crippen molar-refractivity contribution in [1.29, 1.82) is 0 Å². The lowest BCUT2D eigenvalue weighted by atomic mass is 10.2. The van der Waals surface area contributed by atoms with Crippen LogP contribution in [0.2, 0.25) is 0 Å². The van der Waals surface area contributed by atoms with Crippen LogP contribution in [0, 0.1) is 0 Å². The first-order valence-electron chi connectivity index (χ1n) is 10.5. The Hall–Kier alpha value is -3.48. The minimum absolute atomic E-state index is 0.0559. The SMILES string of the molecule is CN=C(NCCc1nccn1Cc1ccccc1)NCC(C)Oc1ccccc1OC. The van der Waals surface area contributed by atoms with Gasteiger partial charge in [0.05, 0.1) is 13.7 Å². The lowest BCUT2D eigenvalue weighted by Crippen LogP contribution is -2.42. The third-order valence-corrected chi connectivity index (χ3v) is 4.82. The normalized spacial score (nSPS) is 12.3. The maximum atomic E-state index is 5.98. The van der Waals surface area contributed by atoms with Gasteiger partial charge in [0.2, 0.25) is 0 Å². The number of nitrogens with zero attached hydrogens (tertiary/aromatic N) is 3. The Labute approximate surface area is 184 Å². The first kappa shape index (κ1) is 22.2. The molecule has 0 fully saturated rings. The van der Waals surface area contributed by atoms with Crippen LogP contribution in [-0.2, 0) is 13.0 Å². The molecule has 3 aromatic rings. The van der Waals surface area contributed by atoms with Crippen LogP contribution in [0.1, 0.15) is 18.3 Å². The molecule has 0 aliphatic carbocycles. The highest BCUT2D eigenvalue weighted by molar-refractivity contribution is 5.79. The molecule has 0 amide bonds. The molecule has 1 atom stereocenters. The average Bonchev–Trinajstić information content (AvgIpc) is 3.23. The summed E-state index contributed by atoms with van der Waals surface area (Å²) in [7, 11) is 3.40. The van der Waals surface area contributed by atoms with Crippen LogP contribution < -0.4 is 20.1 Å². The van der Waals surface area contributed by atoms with Gasteiger partial charge in [-0.2, -0.15) is 0 Å². The first-order valence-corrected chi connectivity index (χ1v) is 10.5. The third-order valence-electron chi connectivity index (χ3n) is 4.82. The molecule has 0 spiro atoms. The van der Waals surface area contributed by atoms with E-state index in [0.717, 1.165) is 42.8 Å². The number of benzene rings is 2. The van der Waals surface area contributed by atoms with E-state index in [4.69, 9.17) is 9.47 Å². The predicted molar refractivity (Wildman–Crippen MR) is 124 cm³/mol. The second kappa shape index (κ2) is 11.6. The quantitative estimate of drug-likeness (QED) is 0.389. The van der Waals surface area contributed by atoms with Crippen LogP contribution in [0.4, 0.5) is 0 Å². The van der Waals surface area contributed by atoms with E-state index in [0.29, 0.717) is 6.54 Å². The molecule has 2 N–H and O–H groups in total. The molecular formula is C24H31N5O2. The van der Waals surface area contributed by atoms with Crippen molar-refractivity contribution in [3.05, 3.63) is 78.4 Å². The van der Waals surface area contributed by atoms with Gasteiger partial charge in [0.25, 0.3) is 0 Å². The van der Waals surface area contributed by atoms with E-state index in [9.17, 15) is 0 Å². The molecule has 164 valence electrons. The van der Waals surface area contributed by atoms with E-state index in [2.05, 4.69) is 49.4 Å². The molecule has 0 saturated carbocycles. The second-order valence-electron chi connectivity index (χ2n) is 7.17. The van der Waals surface area contributed by atoms with Crippen LogP contribution in [0.5, 0.6) is 11.5 Å². The van der Waals surface area contributed by atoms with Crippen molar-refractivity contribution in [3.8, 4) is 11.5 Å². The lowest BCUT2D eigenvalue weighted by molar-refractivity contribution is 0.213. The van der Waals surface area contributed by atoms with Gasteiger partial charge in [-0.15, -0.1) is 0 Å². The maximum absolute atomic E-state index is 5.98. The smallest absolute Gasteiger partial charge is 0.191 e. The molecular weight excluding hydrogens is 390 g/mol. The van der Waals surface area contributed by atoms with Crippen molar-refractivity contribution in [2.24, 2.45) is 4.99 Å². The number of aliphatic imine (C=N–C) groups is 1. The van der Waals surface area contributed by atoms with Gasteiger partial charge in [0, 0.05) is 39.0 Å². The molecule has 3 rings (SSSR count). The monoisotopic (exact) mass is 421 g/mol. The Kier molecular flexibility index (Phi) is 8.34. The first-order chi connectivity index (χ1) is 15.2. The molecule has 2 aromatic carbocycles. The number of aromatic nitrogens is 2. The molecule has 1 unspecified atom stereocenters. The number of rotatable bonds is 10. The Morgan fingerprint density at radius 3 is 2.55 bits per heavy atom. The van der Waals surface area contributed by atoms with Crippen LogP contribution >= 0.6 is 0 Å². The molecule has 0 saturated heterocycles. The molecule has 1 heterocycles. The average molecular weight is 422 g/mol. The molecule has 31 heavy (non-hydrogen) atoms. The number of hydrogen-bond acceptors (Lipinski definition) is 4. The van der Waals surface area contributed by atoms with Gasteiger partial charge in [0.1, 0.15) is 11.9 Å². The summed E-state index contributed by atoms with van der Waals surface area (Å²) in [6.07, 6.45) is 4.61. The summed E-state index contributed by atoms with van der Waals surface area (Å²) < 4.78 is 13.5. The van der Waals surface area contributed by atoms with E-state index in [1.54, 1.807) is 14.2 Å². The topological polar surface area (TPSA) is 72.7 Å². The maximum Gasteiger partial charge on any atom is 0.191 e. The summed E-state index contributed by atoms with van der Waals surface area (Å²) in [5.74, 6) is 3.23. The van der Waals surface area contributed by atoms with E-state index in [1.807, 2.05) is 49.6 Å². The standard InChI is InChI=1S/C24H31N5O2/c1-19(31-22-12-8-7-11-21(22)30-3)17-28-24(25-2)27-14-13-23-26-15-16-29(23)18-20-9-5-4-6-10-20/h4-12,15-16,19H,13-14,17-18H2,1-3H3,(H2,25,27,28). The second-order valence-corrected chi connectivity index (χ2v) is 7.17. The molecule has 7 heteroatoms. The summed E-state index contributed by atoms with van der Waals surface area (Å²) >= 11 is 0. The summed E-state index contributed by atoms with van der Waals surface area (Å²) in [6.45, 7) is 4.17. The fraction of sp³-hybridized carbons (Fsp3) is 0.333. The molecule has 0 bridgehead atoms. The lowest BCUT2D eigenvalue weighted by Gasteiger charge is -2.19. The van der Waals surface area contributed by atoms with E-state index >= 15 is 0 Å². The predicted octanol–water partition coefficient (Wildman–Crippen LogP) is 3.12. The minimum atomic E-state index is -0.0559. The Balaban J connectivity index is 1.43. The molecule has 0 aliphatic rings. The molecule has 7 nitrogen and oxygen atoms in total. The van der Waals surface area contributed by atoms with Gasteiger partial charge < -0.3 is 24.7 Å².